The van der Waals surface area contributed by atoms with E-state index in [1.165, 1.54) is 0 Å². The number of ether oxygens (including phenoxy) is 1. The fourth-order valence-electron chi connectivity index (χ4n) is 3.63. The van der Waals surface area contributed by atoms with Gasteiger partial charge in [-0.25, -0.2) is 4.98 Å². The zero-order chi connectivity index (χ0) is 19.3. The molecule has 28 heavy (non-hydrogen) atoms. The van der Waals surface area contributed by atoms with Gasteiger partial charge in [-0.1, -0.05) is 36.4 Å². The molecule has 1 saturated heterocycles. The number of benzene rings is 1. The van der Waals surface area contributed by atoms with Crippen LogP contribution < -0.4 is 10.2 Å². The maximum atomic E-state index is 5.93. The molecule has 1 aliphatic heterocycles. The maximum Gasteiger partial charge on any atom is 0.134 e. The number of nitrogens with zero attached hydrogens (tertiary/aromatic N) is 2. The molecular formula is C23H27N3O2. The third kappa shape index (κ3) is 4.61. The first-order chi connectivity index (χ1) is 13.7. The van der Waals surface area contributed by atoms with Crippen molar-refractivity contribution < 1.29 is 9.15 Å². The lowest BCUT2D eigenvalue weighted by Crippen LogP contribution is -2.45. The lowest BCUT2D eigenvalue weighted by atomic mass is 10.2. The Morgan fingerprint density at radius 2 is 1.75 bits per heavy atom. The minimum atomic E-state index is 0.237. The van der Waals surface area contributed by atoms with Crippen LogP contribution in [0.15, 0.2) is 65.2 Å². The molecule has 3 aromatic rings. The first-order valence-electron chi connectivity index (χ1n) is 9.87. The Labute approximate surface area is 166 Å². The van der Waals surface area contributed by atoms with Crippen LogP contribution in [-0.4, -0.2) is 30.3 Å². The number of furan rings is 1. The predicted octanol–water partition coefficient (Wildman–Crippen LogP) is 4.25. The quantitative estimate of drug-likeness (QED) is 0.696. The van der Waals surface area contributed by atoms with Crippen molar-refractivity contribution in [1.29, 1.82) is 0 Å². The van der Waals surface area contributed by atoms with Gasteiger partial charge in [-0.2, -0.15) is 0 Å². The Morgan fingerprint density at radius 3 is 2.46 bits per heavy atom. The predicted molar refractivity (Wildman–Crippen MR) is 111 cm³/mol. The molecule has 1 aliphatic rings. The smallest absolute Gasteiger partial charge is 0.134 e. The van der Waals surface area contributed by atoms with Crippen molar-refractivity contribution in [3.63, 3.8) is 0 Å². The summed E-state index contributed by atoms with van der Waals surface area (Å²) >= 11 is 0. The second kappa shape index (κ2) is 8.59. The second-order valence-electron chi connectivity index (χ2n) is 7.42. The van der Waals surface area contributed by atoms with Gasteiger partial charge in [0.1, 0.15) is 17.3 Å². The van der Waals surface area contributed by atoms with Crippen molar-refractivity contribution in [3.8, 4) is 11.3 Å². The second-order valence-corrected chi connectivity index (χ2v) is 7.42. The molecule has 1 fully saturated rings. The van der Waals surface area contributed by atoms with E-state index in [-0.39, 0.29) is 12.2 Å². The fourth-order valence-corrected chi connectivity index (χ4v) is 3.63. The molecule has 1 aromatic carbocycles. The molecular weight excluding hydrogens is 350 g/mol. The monoisotopic (exact) mass is 377 g/mol. The molecule has 2 atom stereocenters. The van der Waals surface area contributed by atoms with Crippen LogP contribution in [0.1, 0.15) is 25.2 Å². The Bertz CT molecular complexity index is 866. The Hall–Kier alpha value is -2.63. The van der Waals surface area contributed by atoms with E-state index in [0.29, 0.717) is 6.54 Å². The van der Waals surface area contributed by atoms with E-state index >= 15 is 0 Å². The van der Waals surface area contributed by atoms with E-state index in [1.807, 2.05) is 36.5 Å². The van der Waals surface area contributed by atoms with E-state index in [1.54, 1.807) is 0 Å². The van der Waals surface area contributed by atoms with Gasteiger partial charge in [0.05, 0.1) is 18.8 Å². The van der Waals surface area contributed by atoms with Crippen molar-refractivity contribution in [2.75, 3.05) is 18.0 Å². The van der Waals surface area contributed by atoms with Gasteiger partial charge < -0.3 is 19.4 Å². The van der Waals surface area contributed by atoms with Crippen LogP contribution >= 0.6 is 0 Å². The van der Waals surface area contributed by atoms with Crippen LogP contribution in [0.3, 0.4) is 0 Å². The molecule has 5 heteroatoms. The average molecular weight is 377 g/mol. The van der Waals surface area contributed by atoms with Crippen LogP contribution in [0.5, 0.6) is 0 Å². The largest absolute Gasteiger partial charge is 0.460 e. The topological polar surface area (TPSA) is 50.5 Å². The number of nitrogens with one attached hydrogen (secondary N) is 1. The van der Waals surface area contributed by atoms with E-state index in [0.717, 1.165) is 48.1 Å². The summed E-state index contributed by atoms with van der Waals surface area (Å²) in [6.45, 7) is 7.43. The van der Waals surface area contributed by atoms with E-state index < -0.39 is 0 Å². The van der Waals surface area contributed by atoms with Crippen LogP contribution in [-0.2, 0) is 17.8 Å². The zero-order valence-electron chi connectivity index (χ0n) is 16.5. The normalized spacial score (nSPS) is 19.7. The van der Waals surface area contributed by atoms with Gasteiger partial charge in [0.15, 0.2) is 0 Å². The van der Waals surface area contributed by atoms with Crippen LogP contribution in [0.2, 0.25) is 0 Å². The molecule has 3 heterocycles. The Morgan fingerprint density at radius 1 is 0.964 bits per heavy atom. The molecule has 0 amide bonds. The molecule has 5 nitrogen and oxygen atoms in total. The molecule has 2 unspecified atom stereocenters. The minimum Gasteiger partial charge on any atom is -0.460 e. The summed E-state index contributed by atoms with van der Waals surface area (Å²) in [7, 11) is 0. The van der Waals surface area contributed by atoms with Gasteiger partial charge >= 0.3 is 0 Å². The fraction of sp³-hybridized carbons (Fsp3) is 0.348. The van der Waals surface area contributed by atoms with Crippen molar-refractivity contribution in [2.45, 2.75) is 39.1 Å². The number of hydrogen-bond acceptors (Lipinski definition) is 5. The third-order valence-corrected chi connectivity index (χ3v) is 4.90. The third-order valence-electron chi connectivity index (χ3n) is 4.90. The number of anilines is 1. The summed E-state index contributed by atoms with van der Waals surface area (Å²) in [5.74, 6) is 2.85. The van der Waals surface area contributed by atoms with Crippen molar-refractivity contribution >= 4 is 5.82 Å². The highest BCUT2D eigenvalue weighted by Gasteiger charge is 2.22. The minimum absolute atomic E-state index is 0.237. The van der Waals surface area contributed by atoms with Gasteiger partial charge in [0.25, 0.3) is 0 Å². The molecule has 0 saturated carbocycles. The van der Waals surface area contributed by atoms with Gasteiger partial charge in [0.2, 0.25) is 0 Å². The number of rotatable bonds is 6. The highest BCUT2D eigenvalue weighted by Crippen LogP contribution is 2.22. The average Bonchev–Trinajstić information content (AvgIpc) is 3.17. The molecule has 0 spiro atoms. The lowest BCUT2D eigenvalue weighted by molar-refractivity contribution is -0.00545. The highest BCUT2D eigenvalue weighted by atomic mass is 16.5. The van der Waals surface area contributed by atoms with Gasteiger partial charge in [-0.15, -0.1) is 0 Å². The molecule has 0 radical (unpaired) electrons. The van der Waals surface area contributed by atoms with Crippen molar-refractivity contribution in [3.05, 3.63) is 72.1 Å². The van der Waals surface area contributed by atoms with E-state index in [9.17, 15) is 0 Å². The summed E-state index contributed by atoms with van der Waals surface area (Å²) in [5, 5.41) is 3.43. The highest BCUT2D eigenvalue weighted by molar-refractivity contribution is 5.57. The Balaban J connectivity index is 1.29. The number of pyridine rings is 1. The summed E-state index contributed by atoms with van der Waals surface area (Å²) in [6.07, 6.45) is 2.42. The first-order valence-corrected chi connectivity index (χ1v) is 9.87. The van der Waals surface area contributed by atoms with Gasteiger partial charge in [-0.3, -0.25) is 0 Å². The molecule has 146 valence electrons. The van der Waals surface area contributed by atoms with Crippen molar-refractivity contribution in [1.82, 2.24) is 10.3 Å². The molecule has 4 rings (SSSR count). The number of hydrogen-bond donors (Lipinski definition) is 1. The summed E-state index contributed by atoms with van der Waals surface area (Å²) < 4.78 is 11.7. The lowest BCUT2D eigenvalue weighted by Gasteiger charge is -2.36. The summed E-state index contributed by atoms with van der Waals surface area (Å²) in [5.41, 5.74) is 2.26. The Kier molecular flexibility index (Phi) is 5.74. The van der Waals surface area contributed by atoms with E-state index in [4.69, 9.17) is 9.15 Å². The first kappa shape index (κ1) is 18.7. The summed E-state index contributed by atoms with van der Waals surface area (Å²) in [4.78, 5) is 6.94. The van der Waals surface area contributed by atoms with Gasteiger partial charge in [-0.05, 0) is 37.6 Å². The number of aromatic nitrogens is 1. The molecule has 0 bridgehead atoms. The van der Waals surface area contributed by atoms with Gasteiger partial charge in [0, 0.05) is 31.4 Å². The van der Waals surface area contributed by atoms with E-state index in [2.05, 4.69) is 53.3 Å². The van der Waals surface area contributed by atoms with Crippen molar-refractivity contribution in [2.24, 2.45) is 0 Å². The molecule has 0 aliphatic carbocycles. The summed E-state index contributed by atoms with van der Waals surface area (Å²) in [6, 6.07) is 18.4. The maximum absolute atomic E-state index is 5.93. The van der Waals surface area contributed by atoms with Crippen LogP contribution in [0, 0.1) is 0 Å². The number of morpholine rings is 1. The zero-order valence-corrected chi connectivity index (χ0v) is 16.5. The molecule has 1 N–H and O–H groups in total. The SMILES string of the molecule is CC1CN(c2ccc(CNCc3ccc(-c4ccccc4)o3)cn2)CC(C)O1. The standard InChI is InChI=1S/C23H27N3O2/c1-17-15-26(16-18(2)27-17)23-11-8-19(13-25-23)12-24-14-21-9-10-22(28-21)20-6-4-3-5-7-20/h3-11,13,17-18,24H,12,14-16H2,1-2H3. The molecule has 2 aromatic heterocycles. The van der Waals surface area contributed by atoms with Crippen LogP contribution in [0.25, 0.3) is 11.3 Å². The van der Waals surface area contributed by atoms with Crippen LogP contribution in [0.4, 0.5) is 5.82 Å².